The minimum atomic E-state index is -0.284. The molecule has 0 spiro atoms. The van der Waals surface area contributed by atoms with Crippen LogP contribution in [0.2, 0.25) is 0 Å². The SMILES string of the molecule is NCCCCC1Nc2ncnc(NCCc3c[nH]c4ccccc34)c2NC1=O. The summed E-state index contributed by atoms with van der Waals surface area (Å²) in [6.07, 6.45) is 6.92. The van der Waals surface area contributed by atoms with E-state index in [2.05, 4.69) is 43.0 Å². The topological polar surface area (TPSA) is 121 Å². The number of carbonyl (C=O) groups excluding carboxylic acids is 1. The molecule has 1 atom stereocenters. The van der Waals surface area contributed by atoms with Crippen molar-refractivity contribution in [3.8, 4) is 0 Å². The van der Waals surface area contributed by atoms with Gasteiger partial charge in [0.15, 0.2) is 11.6 Å². The Balaban J connectivity index is 1.41. The summed E-state index contributed by atoms with van der Waals surface area (Å²) in [6.45, 7) is 1.33. The summed E-state index contributed by atoms with van der Waals surface area (Å²) < 4.78 is 0. The zero-order valence-electron chi connectivity index (χ0n) is 15.7. The minimum Gasteiger partial charge on any atom is -0.368 e. The van der Waals surface area contributed by atoms with Gasteiger partial charge in [0.2, 0.25) is 5.91 Å². The summed E-state index contributed by atoms with van der Waals surface area (Å²) in [6, 6.07) is 7.96. The number of hydrogen-bond acceptors (Lipinski definition) is 6. The molecule has 0 radical (unpaired) electrons. The highest BCUT2D eigenvalue weighted by atomic mass is 16.2. The van der Waals surface area contributed by atoms with Crippen LogP contribution in [0.15, 0.2) is 36.8 Å². The first-order chi connectivity index (χ1) is 13.8. The third-order valence-electron chi connectivity index (χ3n) is 5.03. The molecule has 0 bridgehead atoms. The fourth-order valence-corrected chi connectivity index (χ4v) is 3.54. The van der Waals surface area contributed by atoms with Crippen LogP contribution in [0.4, 0.5) is 17.3 Å². The van der Waals surface area contributed by atoms with Crippen LogP contribution in [0.3, 0.4) is 0 Å². The van der Waals surface area contributed by atoms with Crippen molar-refractivity contribution in [3.05, 3.63) is 42.4 Å². The lowest BCUT2D eigenvalue weighted by molar-refractivity contribution is -0.117. The second-order valence-electron chi connectivity index (χ2n) is 6.95. The average molecular weight is 379 g/mol. The number of nitrogens with two attached hydrogens (primary N) is 1. The van der Waals surface area contributed by atoms with Crippen LogP contribution in [0.1, 0.15) is 24.8 Å². The van der Waals surface area contributed by atoms with E-state index < -0.39 is 0 Å². The van der Waals surface area contributed by atoms with Gasteiger partial charge in [-0.05, 0) is 43.9 Å². The van der Waals surface area contributed by atoms with Crippen molar-refractivity contribution in [2.45, 2.75) is 31.7 Å². The maximum atomic E-state index is 12.4. The number of fused-ring (bicyclic) bond motifs is 2. The quantitative estimate of drug-likeness (QED) is 0.384. The van der Waals surface area contributed by atoms with E-state index in [-0.39, 0.29) is 11.9 Å². The van der Waals surface area contributed by atoms with Crippen LogP contribution in [-0.4, -0.2) is 40.0 Å². The predicted molar refractivity (Wildman–Crippen MR) is 111 cm³/mol. The van der Waals surface area contributed by atoms with Gasteiger partial charge in [-0.2, -0.15) is 0 Å². The molecular weight excluding hydrogens is 354 g/mol. The molecule has 2 aromatic heterocycles. The molecule has 0 saturated carbocycles. The summed E-state index contributed by atoms with van der Waals surface area (Å²) in [5.41, 5.74) is 8.53. The highest BCUT2D eigenvalue weighted by molar-refractivity contribution is 6.04. The molecule has 3 heterocycles. The molecule has 8 heteroatoms. The Labute approximate surface area is 163 Å². The number of anilines is 3. The molecular formula is C20H25N7O. The number of para-hydroxylation sites is 1. The number of H-pyrrole nitrogens is 1. The van der Waals surface area contributed by atoms with Gasteiger partial charge in [0.05, 0.1) is 0 Å². The maximum absolute atomic E-state index is 12.4. The van der Waals surface area contributed by atoms with E-state index in [1.807, 2.05) is 18.3 Å². The Morgan fingerprint density at radius 3 is 2.96 bits per heavy atom. The Morgan fingerprint density at radius 2 is 2.07 bits per heavy atom. The Hall–Kier alpha value is -3.13. The molecule has 1 amide bonds. The third kappa shape index (κ3) is 3.77. The maximum Gasteiger partial charge on any atom is 0.247 e. The van der Waals surface area contributed by atoms with Crippen LogP contribution < -0.4 is 21.7 Å². The zero-order valence-corrected chi connectivity index (χ0v) is 15.7. The molecule has 28 heavy (non-hydrogen) atoms. The van der Waals surface area contributed by atoms with Gasteiger partial charge in [0.1, 0.15) is 18.1 Å². The summed E-state index contributed by atoms with van der Waals surface area (Å²) in [7, 11) is 0. The van der Waals surface area contributed by atoms with E-state index in [0.29, 0.717) is 30.4 Å². The van der Waals surface area contributed by atoms with Crippen molar-refractivity contribution in [1.29, 1.82) is 0 Å². The molecule has 8 nitrogen and oxygen atoms in total. The average Bonchev–Trinajstić information content (AvgIpc) is 3.12. The van der Waals surface area contributed by atoms with Gasteiger partial charge in [0.25, 0.3) is 0 Å². The van der Waals surface area contributed by atoms with Crippen molar-refractivity contribution in [2.24, 2.45) is 5.73 Å². The molecule has 1 aromatic carbocycles. The van der Waals surface area contributed by atoms with E-state index in [1.54, 1.807) is 0 Å². The molecule has 6 N–H and O–H groups in total. The van der Waals surface area contributed by atoms with Gasteiger partial charge >= 0.3 is 0 Å². The standard InChI is InChI=1S/C20H25N7O/c21-9-4-3-7-16-20(28)27-17-18(24-12-25-19(17)26-16)22-10-8-13-11-23-15-6-2-1-5-14(13)15/h1-2,5-6,11-12,16,23H,3-4,7-10,21H2,(H,27,28)(H2,22,24,25,26). The number of carbonyl (C=O) groups is 1. The summed E-state index contributed by atoms with van der Waals surface area (Å²) in [5, 5.41) is 10.7. The number of rotatable bonds is 8. The van der Waals surface area contributed by atoms with E-state index >= 15 is 0 Å². The van der Waals surface area contributed by atoms with Crippen molar-refractivity contribution < 1.29 is 4.79 Å². The number of nitrogens with zero attached hydrogens (tertiary/aromatic N) is 2. The summed E-state index contributed by atoms with van der Waals surface area (Å²) >= 11 is 0. The number of benzene rings is 1. The molecule has 1 aliphatic heterocycles. The molecule has 4 rings (SSSR count). The van der Waals surface area contributed by atoms with Crippen LogP contribution in [-0.2, 0) is 11.2 Å². The number of unbranched alkanes of at least 4 members (excludes halogenated alkanes) is 1. The van der Waals surface area contributed by atoms with E-state index in [9.17, 15) is 4.79 Å². The number of aromatic amines is 1. The Bertz CT molecular complexity index is 968. The van der Waals surface area contributed by atoms with Crippen molar-refractivity contribution in [2.75, 3.05) is 29.0 Å². The predicted octanol–water partition coefficient (Wildman–Crippen LogP) is 2.47. The van der Waals surface area contributed by atoms with Crippen LogP contribution >= 0.6 is 0 Å². The fourth-order valence-electron chi connectivity index (χ4n) is 3.54. The van der Waals surface area contributed by atoms with Crippen molar-refractivity contribution in [3.63, 3.8) is 0 Å². The van der Waals surface area contributed by atoms with Crippen molar-refractivity contribution >= 4 is 34.1 Å². The normalized spacial score (nSPS) is 15.8. The van der Waals surface area contributed by atoms with Crippen LogP contribution in [0.5, 0.6) is 0 Å². The number of aromatic nitrogens is 3. The molecule has 1 aliphatic rings. The molecule has 0 saturated heterocycles. The first-order valence-corrected chi connectivity index (χ1v) is 9.67. The van der Waals surface area contributed by atoms with Gasteiger partial charge < -0.3 is 26.7 Å². The highest BCUT2D eigenvalue weighted by Gasteiger charge is 2.28. The zero-order chi connectivity index (χ0) is 19.3. The first kappa shape index (κ1) is 18.2. The summed E-state index contributed by atoms with van der Waals surface area (Å²) in [5.74, 6) is 1.23. The second-order valence-corrected chi connectivity index (χ2v) is 6.95. The molecule has 1 unspecified atom stereocenters. The third-order valence-corrected chi connectivity index (χ3v) is 5.03. The lowest BCUT2D eigenvalue weighted by Crippen LogP contribution is -2.39. The van der Waals surface area contributed by atoms with Crippen LogP contribution in [0, 0.1) is 0 Å². The van der Waals surface area contributed by atoms with E-state index in [1.165, 1.54) is 17.3 Å². The number of nitrogens with one attached hydrogen (secondary N) is 4. The van der Waals surface area contributed by atoms with Crippen LogP contribution in [0.25, 0.3) is 10.9 Å². The van der Waals surface area contributed by atoms with Gasteiger partial charge in [-0.15, -0.1) is 0 Å². The summed E-state index contributed by atoms with van der Waals surface area (Å²) in [4.78, 5) is 24.3. The van der Waals surface area contributed by atoms with Crippen molar-refractivity contribution in [1.82, 2.24) is 15.0 Å². The molecule has 3 aromatic rings. The highest BCUT2D eigenvalue weighted by Crippen LogP contribution is 2.31. The smallest absolute Gasteiger partial charge is 0.247 e. The van der Waals surface area contributed by atoms with E-state index in [4.69, 9.17) is 5.73 Å². The van der Waals surface area contributed by atoms with Gasteiger partial charge in [-0.1, -0.05) is 18.2 Å². The van der Waals surface area contributed by atoms with Gasteiger partial charge in [-0.25, -0.2) is 9.97 Å². The van der Waals surface area contributed by atoms with Gasteiger partial charge in [0, 0.05) is 23.6 Å². The lowest BCUT2D eigenvalue weighted by Gasteiger charge is -2.27. The fraction of sp³-hybridized carbons (Fsp3) is 0.350. The monoisotopic (exact) mass is 379 g/mol. The lowest BCUT2D eigenvalue weighted by atomic mass is 10.1. The molecule has 146 valence electrons. The molecule has 0 fully saturated rings. The Morgan fingerprint density at radius 1 is 1.18 bits per heavy atom. The van der Waals surface area contributed by atoms with Gasteiger partial charge in [-0.3, -0.25) is 4.79 Å². The number of hydrogen-bond donors (Lipinski definition) is 5. The second kappa shape index (κ2) is 8.26. The number of amides is 1. The Kier molecular flexibility index (Phi) is 5.38. The first-order valence-electron chi connectivity index (χ1n) is 9.67. The largest absolute Gasteiger partial charge is 0.368 e. The minimum absolute atomic E-state index is 0.0565. The van der Waals surface area contributed by atoms with E-state index in [0.717, 1.165) is 31.2 Å². The molecule has 0 aliphatic carbocycles.